The summed E-state index contributed by atoms with van der Waals surface area (Å²) < 4.78 is 9.14. The molecule has 0 fully saturated rings. The van der Waals surface area contributed by atoms with Crippen molar-refractivity contribution in [1.82, 2.24) is 9.88 Å². The Kier molecular flexibility index (Phi) is 6.46. The van der Waals surface area contributed by atoms with Crippen LogP contribution in [0.3, 0.4) is 0 Å². The van der Waals surface area contributed by atoms with E-state index in [0.29, 0.717) is 0 Å². The van der Waals surface area contributed by atoms with Gasteiger partial charge < -0.3 is 19.2 Å². The Morgan fingerprint density at radius 3 is 2.27 bits per heavy atom. The van der Waals surface area contributed by atoms with E-state index in [4.69, 9.17) is 9.41 Å². The first-order chi connectivity index (χ1) is 27.3. The van der Waals surface area contributed by atoms with Gasteiger partial charge in [0.15, 0.2) is 0 Å². The van der Waals surface area contributed by atoms with E-state index < -0.39 is 0 Å². The third kappa shape index (κ3) is 4.50. The molecule has 0 bridgehead atoms. The Morgan fingerprint density at radius 2 is 1.36 bits per heavy atom. The summed E-state index contributed by atoms with van der Waals surface area (Å²) in [5.74, 6) is 0.224. The summed E-state index contributed by atoms with van der Waals surface area (Å²) >= 11 is 0. The number of rotatable bonds is 4. The molecule has 3 unspecified atom stereocenters. The molecule has 9 aromatic rings. The summed E-state index contributed by atoms with van der Waals surface area (Å²) in [7, 11) is 0. The highest BCUT2D eigenvalue weighted by atomic mass is 16.3. The van der Waals surface area contributed by atoms with Crippen LogP contribution < -0.4 is 20.8 Å². The molecule has 5 heteroatoms. The van der Waals surface area contributed by atoms with Crippen LogP contribution in [0.1, 0.15) is 28.8 Å². The lowest BCUT2D eigenvalue weighted by molar-refractivity contribution is 0.636. The number of fused-ring (bicyclic) bond motifs is 10. The van der Waals surface area contributed by atoms with Gasteiger partial charge in [-0.25, -0.2) is 0 Å². The second-order valence-corrected chi connectivity index (χ2v) is 14.7. The molecule has 1 N–H and O–H groups in total. The molecule has 2 aromatic heterocycles. The lowest BCUT2D eigenvalue weighted by atomic mass is 9.91. The fraction of sp³-hybridized carbons (Fsp3) is 0.0600. The van der Waals surface area contributed by atoms with E-state index in [9.17, 15) is 0 Å². The summed E-state index contributed by atoms with van der Waals surface area (Å²) in [4.78, 5) is 7.76. The van der Waals surface area contributed by atoms with Crippen LogP contribution in [0.4, 0.5) is 11.4 Å². The Morgan fingerprint density at radius 1 is 0.564 bits per heavy atom. The Labute approximate surface area is 317 Å². The van der Waals surface area contributed by atoms with Crippen molar-refractivity contribution >= 4 is 60.8 Å². The molecule has 7 aromatic carbocycles. The molecular formula is C50H34N4O. The predicted octanol–water partition coefficient (Wildman–Crippen LogP) is 10.5. The standard InChI is InChI=1S/C50H34N4O/c1-3-14-31(15-4-1)49-36-20-7-10-22-41(36)51-50(52-49)38-21-13-25-46-48(38)37-27-26-33(28-47(37)55-46)54-43-24-12-9-19-35(43)40-29-44-39(30-45(40)54)34-18-8-11-23-42(34)53(44)32-16-5-2-6-17-32/h1-30,35,43,50,52H. The van der Waals surface area contributed by atoms with Gasteiger partial charge in [0.1, 0.15) is 17.3 Å². The molecule has 2 aliphatic heterocycles. The monoisotopic (exact) mass is 706 g/mol. The van der Waals surface area contributed by atoms with E-state index in [1.54, 1.807) is 0 Å². The molecule has 0 radical (unpaired) electrons. The number of aromatic nitrogens is 1. The quantitative estimate of drug-likeness (QED) is 0.198. The highest BCUT2D eigenvalue weighted by molar-refractivity contribution is 6.12. The Hall–Kier alpha value is -7.11. The van der Waals surface area contributed by atoms with Gasteiger partial charge in [-0.05, 0) is 65.7 Å². The average molecular weight is 707 g/mol. The van der Waals surface area contributed by atoms with Crippen LogP contribution in [-0.2, 0) is 0 Å². The molecule has 0 spiro atoms. The molecule has 260 valence electrons. The smallest absolute Gasteiger partial charge is 0.146 e. The maximum absolute atomic E-state index is 6.73. The molecule has 1 aliphatic carbocycles. The molecule has 3 atom stereocenters. The first kappa shape index (κ1) is 30.4. The van der Waals surface area contributed by atoms with E-state index in [-0.39, 0.29) is 18.1 Å². The molecule has 12 rings (SSSR count). The van der Waals surface area contributed by atoms with Crippen molar-refractivity contribution in [3.63, 3.8) is 0 Å². The Balaban J connectivity index is 1.01. The van der Waals surface area contributed by atoms with E-state index in [0.717, 1.165) is 55.0 Å². The fourth-order valence-corrected chi connectivity index (χ4v) is 9.35. The van der Waals surface area contributed by atoms with Crippen molar-refractivity contribution in [3.05, 3.63) is 209 Å². The minimum atomic E-state index is -0.278. The van der Waals surface area contributed by atoms with Crippen LogP contribution in [-0.4, -0.2) is 10.6 Å². The fourth-order valence-electron chi connectivity index (χ4n) is 9.35. The number of allylic oxidation sites excluding steroid dienone is 2. The molecule has 4 heterocycles. The molecule has 3 aliphatic rings. The maximum Gasteiger partial charge on any atom is 0.146 e. The van der Waals surface area contributed by atoms with Gasteiger partial charge in [0.2, 0.25) is 0 Å². The van der Waals surface area contributed by atoms with Crippen molar-refractivity contribution in [2.45, 2.75) is 18.1 Å². The van der Waals surface area contributed by atoms with Crippen molar-refractivity contribution in [2.24, 2.45) is 4.99 Å². The summed E-state index contributed by atoms with van der Waals surface area (Å²) in [5.41, 5.74) is 12.3. The van der Waals surface area contributed by atoms with Gasteiger partial charge in [0, 0.05) is 61.4 Å². The summed E-state index contributed by atoms with van der Waals surface area (Å²) in [6.45, 7) is 0. The van der Waals surface area contributed by atoms with E-state index in [1.807, 2.05) is 0 Å². The SMILES string of the molecule is C1=CC2c3cc4c(cc3N(c3ccc5c(c3)oc3cccc(C6N=c7ccccc7=C(c7ccccc7)N6)c35)C2C=C1)c1ccccc1n4-c1ccccc1. The number of nitrogens with one attached hydrogen (secondary N) is 1. The first-order valence-corrected chi connectivity index (χ1v) is 19.0. The number of hydrogen-bond acceptors (Lipinski definition) is 4. The molecule has 5 nitrogen and oxygen atoms in total. The van der Waals surface area contributed by atoms with Crippen molar-refractivity contribution < 1.29 is 4.42 Å². The van der Waals surface area contributed by atoms with Gasteiger partial charge in [-0.3, -0.25) is 4.99 Å². The highest BCUT2D eigenvalue weighted by Crippen LogP contribution is 2.51. The third-order valence-electron chi connectivity index (χ3n) is 11.7. The zero-order chi connectivity index (χ0) is 36.0. The van der Waals surface area contributed by atoms with Gasteiger partial charge in [0.05, 0.1) is 28.1 Å². The second kappa shape index (κ2) is 11.7. The van der Waals surface area contributed by atoms with Crippen molar-refractivity contribution in [2.75, 3.05) is 4.90 Å². The zero-order valence-electron chi connectivity index (χ0n) is 29.8. The normalized spacial score (nSPS) is 18.4. The minimum absolute atomic E-state index is 0.151. The van der Waals surface area contributed by atoms with Gasteiger partial charge in [-0.2, -0.15) is 0 Å². The molecule has 55 heavy (non-hydrogen) atoms. The lowest BCUT2D eigenvalue weighted by Crippen LogP contribution is -2.39. The van der Waals surface area contributed by atoms with Crippen molar-refractivity contribution in [3.8, 4) is 5.69 Å². The van der Waals surface area contributed by atoms with E-state index in [1.165, 1.54) is 38.7 Å². The number of furan rings is 1. The van der Waals surface area contributed by atoms with Gasteiger partial charge in [-0.1, -0.05) is 121 Å². The topological polar surface area (TPSA) is 45.7 Å². The van der Waals surface area contributed by atoms with Crippen LogP contribution in [0.25, 0.3) is 55.1 Å². The third-order valence-corrected chi connectivity index (χ3v) is 11.7. The second-order valence-electron chi connectivity index (χ2n) is 14.7. The summed E-state index contributed by atoms with van der Waals surface area (Å²) in [6.07, 6.45) is 8.80. The first-order valence-electron chi connectivity index (χ1n) is 19.0. The van der Waals surface area contributed by atoms with Gasteiger partial charge >= 0.3 is 0 Å². The van der Waals surface area contributed by atoms with Crippen molar-refractivity contribution in [1.29, 1.82) is 0 Å². The number of nitrogens with zero attached hydrogens (tertiary/aromatic N) is 3. The van der Waals surface area contributed by atoms with Crippen LogP contribution in [0.5, 0.6) is 0 Å². The predicted molar refractivity (Wildman–Crippen MR) is 224 cm³/mol. The Bertz CT molecular complexity index is 3210. The number of anilines is 2. The maximum atomic E-state index is 6.73. The highest BCUT2D eigenvalue weighted by Gasteiger charge is 2.38. The van der Waals surface area contributed by atoms with Crippen LogP contribution in [0.2, 0.25) is 0 Å². The largest absolute Gasteiger partial charge is 0.456 e. The average Bonchev–Trinajstić information content (AvgIpc) is 3.90. The molecular weight excluding hydrogens is 673 g/mol. The number of benzene rings is 7. The zero-order valence-corrected chi connectivity index (χ0v) is 29.8. The number of para-hydroxylation sites is 3. The molecule has 0 saturated carbocycles. The lowest BCUT2D eigenvalue weighted by Gasteiger charge is -2.28. The molecule has 0 amide bonds. The minimum Gasteiger partial charge on any atom is -0.456 e. The number of hydrogen-bond donors (Lipinski definition) is 1. The van der Waals surface area contributed by atoms with Crippen LogP contribution in [0.15, 0.2) is 191 Å². The van der Waals surface area contributed by atoms with Crippen LogP contribution >= 0.6 is 0 Å². The van der Waals surface area contributed by atoms with Gasteiger partial charge in [0.25, 0.3) is 0 Å². The van der Waals surface area contributed by atoms with E-state index in [2.05, 4.69) is 197 Å². The summed E-state index contributed by atoms with van der Waals surface area (Å²) in [5, 5.41) is 10.6. The molecule has 0 saturated heterocycles. The van der Waals surface area contributed by atoms with Crippen LogP contribution in [0, 0.1) is 0 Å². The van der Waals surface area contributed by atoms with E-state index >= 15 is 0 Å². The summed E-state index contributed by atoms with van der Waals surface area (Å²) in [6, 6.07) is 56.5. The van der Waals surface area contributed by atoms with Gasteiger partial charge in [-0.15, -0.1) is 0 Å².